The molecule has 9 N–H and O–H groups in total. The highest BCUT2D eigenvalue weighted by Gasteiger charge is 2.76. The van der Waals surface area contributed by atoms with E-state index in [2.05, 4.69) is 0 Å². The molecule has 1 amide bonds. The number of esters is 2. The zero-order valence-corrected chi connectivity index (χ0v) is 42.4. The molecule has 74 heavy (non-hydrogen) atoms. The largest absolute Gasteiger partial charge is 0.507 e. The predicted molar refractivity (Wildman–Crippen MR) is 246 cm³/mol. The average Bonchev–Trinajstić information content (AvgIpc) is 3.30. The summed E-state index contributed by atoms with van der Waals surface area (Å²) >= 11 is 0. The van der Waals surface area contributed by atoms with Crippen molar-refractivity contribution in [1.29, 1.82) is 0 Å². The Hall–Kier alpha value is -4.51. The first-order chi connectivity index (χ1) is 34.6. The third-order valence-electron chi connectivity index (χ3n) is 15.4. The van der Waals surface area contributed by atoms with Crippen molar-refractivity contribution in [3.05, 3.63) is 51.6 Å². The molecule has 21 atom stereocenters. The summed E-state index contributed by atoms with van der Waals surface area (Å²) in [4.78, 5) is 67.1. The number of rotatable bonds is 11. The SMILES string of the molecule is COC1CC(OC2C=C(C)C(OC(C)=O)C3(O)C(OC(C)=O)C(O)C4=C(C(=O)c5ccc(C6CC(OC7CC(C)(O)C(OC8CCC(OC(N)=O)C(C)O8)C(C)O7)C(O)C(C)O6)c(O)c5C4=O)C23O)OC(C)C1O. The van der Waals surface area contributed by atoms with Gasteiger partial charge in [0.2, 0.25) is 0 Å². The number of fused-ring (bicyclic) bond motifs is 3. The zero-order chi connectivity index (χ0) is 54.3. The summed E-state index contributed by atoms with van der Waals surface area (Å²) in [5, 5.41) is 84.6. The van der Waals surface area contributed by atoms with E-state index in [1.165, 1.54) is 53.0 Å². The van der Waals surface area contributed by atoms with Gasteiger partial charge in [-0.1, -0.05) is 6.07 Å². The molecule has 4 fully saturated rings. The topological polar surface area (TPSA) is 355 Å². The van der Waals surface area contributed by atoms with E-state index in [0.717, 1.165) is 13.8 Å². The molecule has 1 aromatic rings. The quantitative estimate of drug-likeness (QED) is 0.0849. The first-order valence-corrected chi connectivity index (χ1v) is 24.6. The number of carbonyl (C=O) groups is 5. The second-order valence-corrected chi connectivity index (χ2v) is 20.6. The van der Waals surface area contributed by atoms with Gasteiger partial charge >= 0.3 is 18.0 Å². The minimum Gasteiger partial charge on any atom is -0.507 e. The molecule has 4 heterocycles. The van der Waals surface area contributed by atoms with Crippen LogP contribution in [-0.2, 0) is 61.7 Å². The molecule has 4 saturated heterocycles. The van der Waals surface area contributed by atoms with Crippen LogP contribution in [0.2, 0.25) is 0 Å². The number of amides is 1. The summed E-state index contributed by atoms with van der Waals surface area (Å²) in [5.41, 5.74) is -5.81. The van der Waals surface area contributed by atoms with Gasteiger partial charge in [0.25, 0.3) is 0 Å². The lowest BCUT2D eigenvalue weighted by Crippen LogP contribution is -2.80. The number of aliphatic hydroxyl groups is 6. The van der Waals surface area contributed by atoms with Crippen molar-refractivity contribution in [2.75, 3.05) is 7.11 Å². The molecule has 21 unspecified atom stereocenters. The number of Topliss-reactive ketones (excluding diaryl/α,β-unsaturated/α-hetero) is 2. The van der Waals surface area contributed by atoms with E-state index in [9.17, 15) is 50.1 Å². The lowest BCUT2D eigenvalue weighted by atomic mass is 9.54. The predicted octanol–water partition coefficient (Wildman–Crippen LogP) is 0.480. The smallest absolute Gasteiger partial charge is 0.404 e. The second-order valence-electron chi connectivity index (χ2n) is 20.6. The van der Waals surface area contributed by atoms with E-state index in [-0.39, 0.29) is 30.4 Å². The van der Waals surface area contributed by atoms with Crippen LogP contribution in [0.3, 0.4) is 0 Å². The molecule has 7 aliphatic rings. The van der Waals surface area contributed by atoms with Crippen LogP contribution >= 0.6 is 0 Å². The Morgan fingerprint density at radius 1 is 0.730 bits per heavy atom. The highest BCUT2D eigenvalue weighted by molar-refractivity contribution is 6.29. The van der Waals surface area contributed by atoms with Crippen LogP contribution in [-0.4, -0.2) is 194 Å². The molecule has 0 saturated carbocycles. The fraction of sp³-hybridized carbons (Fsp3) is 0.700. The van der Waals surface area contributed by atoms with Crippen molar-refractivity contribution < 1.29 is 112 Å². The van der Waals surface area contributed by atoms with E-state index < -0.39 is 185 Å². The maximum absolute atomic E-state index is 15.2. The number of carbonyl (C=O) groups excluding carboxylic acids is 5. The van der Waals surface area contributed by atoms with Gasteiger partial charge in [-0.25, -0.2) is 4.79 Å². The summed E-state index contributed by atoms with van der Waals surface area (Å²) < 4.78 is 64.6. The number of primary amides is 1. The molecule has 410 valence electrons. The van der Waals surface area contributed by atoms with Crippen LogP contribution in [0.4, 0.5) is 4.79 Å². The number of aliphatic hydroxyl groups excluding tert-OH is 3. The summed E-state index contributed by atoms with van der Waals surface area (Å²) in [6, 6.07) is 2.45. The normalized spacial score (nSPS) is 43.3. The maximum atomic E-state index is 15.2. The number of phenols is 1. The molecule has 0 spiro atoms. The van der Waals surface area contributed by atoms with Gasteiger partial charge in [0, 0.05) is 68.9 Å². The molecule has 24 heteroatoms. The number of ether oxygens (including phenoxy) is 11. The van der Waals surface area contributed by atoms with Gasteiger partial charge in [-0.3, -0.25) is 19.2 Å². The highest BCUT2D eigenvalue weighted by atomic mass is 16.7. The van der Waals surface area contributed by atoms with Gasteiger partial charge < -0.3 is 93.6 Å². The lowest BCUT2D eigenvalue weighted by molar-refractivity contribution is -0.336. The van der Waals surface area contributed by atoms with E-state index in [4.69, 9.17) is 57.8 Å². The Morgan fingerprint density at radius 2 is 1.36 bits per heavy atom. The van der Waals surface area contributed by atoms with Crippen LogP contribution in [0, 0.1) is 0 Å². The van der Waals surface area contributed by atoms with Gasteiger partial charge in [-0.2, -0.15) is 0 Å². The number of hydrogen-bond donors (Lipinski definition) is 8. The second kappa shape index (κ2) is 20.8. The fourth-order valence-electron chi connectivity index (χ4n) is 11.8. The van der Waals surface area contributed by atoms with Crippen molar-refractivity contribution in [3.8, 4) is 5.75 Å². The van der Waals surface area contributed by atoms with Crippen LogP contribution in [0.25, 0.3) is 0 Å². The van der Waals surface area contributed by atoms with E-state index >= 15 is 9.59 Å². The van der Waals surface area contributed by atoms with Gasteiger partial charge in [0.15, 0.2) is 53.8 Å². The summed E-state index contributed by atoms with van der Waals surface area (Å²) in [7, 11) is 1.34. The number of methoxy groups -OCH3 is 1. The minimum atomic E-state index is -3.22. The number of nitrogens with two attached hydrogens (primary N) is 1. The molecule has 4 aliphatic heterocycles. The van der Waals surface area contributed by atoms with Crippen molar-refractivity contribution in [3.63, 3.8) is 0 Å². The number of ketones is 2. The average molecular weight is 1050 g/mol. The third kappa shape index (κ3) is 9.69. The molecule has 0 radical (unpaired) electrons. The van der Waals surface area contributed by atoms with Gasteiger partial charge in [0.05, 0.1) is 53.9 Å². The molecule has 1 aromatic carbocycles. The van der Waals surface area contributed by atoms with E-state index in [0.29, 0.717) is 12.8 Å². The van der Waals surface area contributed by atoms with Crippen molar-refractivity contribution in [2.24, 2.45) is 5.73 Å². The van der Waals surface area contributed by atoms with Gasteiger partial charge in [-0.15, -0.1) is 0 Å². The van der Waals surface area contributed by atoms with Gasteiger partial charge in [0.1, 0.15) is 42.4 Å². The minimum absolute atomic E-state index is 0.00611. The molecular weight excluding hydrogens is 983 g/mol. The summed E-state index contributed by atoms with van der Waals surface area (Å²) in [6.07, 6.45) is -21.5. The summed E-state index contributed by atoms with van der Waals surface area (Å²) in [6.45, 7) is 11.3. The monoisotopic (exact) mass is 1050 g/mol. The maximum Gasteiger partial charge on any atom is 0.404 e. The molecule has 3 aliphatic carbocycles. The molecule has 24 nitrogen and oxygen atoms in total. The van der Waals surface area contributed by atoms with Crippen molar-refractivity contribution >= 4 is 29.6 Å². The first-order valence-electron chi connectivity index (χ1n) is 24.6. The molecule has 8 rings (SSSR count). The van der Waals surface area contributed by atoms with Gasteiger partial charge in [-0.05, 0) is 65.7 Å². The third-order valence-corrected chi connectivity index (χ3v) is 15.4. The zero-order valence-electron chi connectivity index (χ0n) is 42.4. The Balaban J connectivity index is 1.10. The molecule has 0 aromatic heterocycles. The van der Waals surface area contributed by atoms with Crippen molar-refractivity contribution in [2.45, 2.75) is 215 Å². The first kappa shape index (κ1) is 55.7. The van der Waals surface area contributed by atoms with Crippen LogP contribution in [0.15, 0.2) is 34.9 Å². The van der Waals surface area contributed by atoms with Crippen LogP contribution in [0.1, 0.15) is 120 Å². The molecular formula is C50H67NO23. The van der Waals surface area contributed by atoms with Crippen molar-refractivity contribution in [1.82, 2.24) is 0 Å². The van der Waals surface area contributed by atoms with Crippen LogP contribution < -0.4 is 5.73 Å². The highest BCUT2D eigenvalue weighted by Crippen LogP contribution is 2.56. The fourth-order valence-corrected chi connectivity index (χ4v) is 11.8. The number of benzene rings is 1. The molecule has 0 bridgehead atoms. The Kier molecular flexibility index (Phi) is 15.7. The van der Waals surface area contributed by atoms with E-state index in [1.54, 1.807) is 13.8 Å². The standard InChI is InChI=1S/C50H67NO23/c1-18-14-31(73-33-16-29(64-9)38(54)21(4)67-33)49(62)37-36(43(59)46(70-24(7)53)50(49,63)44(18)69-23(6)52)42(58)35-26(41(37)57)11-10-25(40(35)56)28-15-30(39(55)20(3)65-28)71-34-17-48(8,61)45(22(5)68-34)74-32-13-12-27(19(2)66-32)72-47(51)60/h10-11,14,19-22,27-34,38-39,43-46,54-56,59,61-63H,12-13,15-17H2,1-9H3,(H2,51,60). The Labute approximate surface area is 425 Å². The number of hydrogen-bond acceptors (Lipinski definition) is 23. The Bertz CT molecular complexity index is 2440. The summed E-state index contributed by atoms with van der Waals surface area (Å²) in [5.74, 6) is -5.35. The lowest BCUT2D eigenvalue weighted by Gasteiger charge is -2.59. The van der Waals surface area contributed by atoms with E-state index in [1.807, 2.05) is 0 Å². The Morgan fingerprint density at radius 3 is 1.99 bits per heavy atom. The van der Waals surface area contributed by atoms with Crippen LogP contribution in [0.5, 0.6) is 5.75 Å². The number of phenolic OH excluding ortho intramolecular Hbond substituents is 1. The number of aromatic hydroxyl groups is 1.